The average molecular weight is 197 g/mol. The van der Waals surface area contributed by atoms with Crippen molar-refractivity contribution in [2.24, 2.45) is 0 Å². The molecular weight excluding hydrogens is 186 g/mol. The van der Waals surface area contributed by atoms with Crippen LogP contribution in [0.2, 0.25) is 0 Å². The van der Waals surface area contributed by atoms with Crippen LogP contribution in [0.25, 0.3) is 0 Å². The number of nitrogens with zero attached hydrogens (tertiary/aromatic N) is 1. The minimum Gasteiger partial charge on any atom is -0.360 e. The molecule has 0 unspecified atom stereocenters. The van der Waals surface area contributed by atoms with Crippen LogP contribution in [-0.4, -0.2) is 16.8 Å². The Balaban J connectivity index is 2.40. The van der Waals surface area contributed by atoms with Gasteiger partial charge in [0, 0.05) is 12.6 Å². The lowest BCUT2D eigenvalue weighted by Crippen LogP contribution is -2.28. The van der Waals surface area contributed by atoms with E-state index in [0.717, 1.165) is 5.76 Å². The van der Waals surface area contributed by atoms with E-state index in [1.54, 1.807) is 12.1 Å². The Morgan fingerprint density at radius 3 is 3.15 bits per heavy atom. The lowest BCUT2D eigenvalue weighted by atomic mass is 10.5. The van der Waals surface area contributed by atoms with Gasteiger partial charge in [0.05, 0.1) is 0 Å². The summed E-state index contributed by atoms with van der Waals surface area (Å²) in [6.45, 7) is 6.01. The lowest BCUT2D eigenvalue weighted by molar-refractivity contribution is 0.400. The van der Waals surface area contributed by atoms with Gasteiger partial charge in [-0.3, -0.25) is 0 Å². The molecule has 0 amide bonds. The molecule has 1 aromatic heterocycles. The molecule has 70 valence electrons. The fourth-order valence-electron chi connectivity index (χ4n) is 0.751. The Morgan fingerprint density at radius 1 is 1.85 bits per heavy atom. The summed E-state index contributed by atoms with van der Waals surface area (Å²) in [6, 6.07) is 1.77. The van der Waals surface area contributed by atoms with Crippen molar-refractivity contribution in [1.82, 2.24) is 10.5 Å². The summed E-state index contributed by atoms with van der Waals surface area (Å²) in [5.41, 5.74) is 0. The Hall–Kier alpha value is -1.36. The van der Waals surface area contributed by atoms with Crippen molar-refractivity contribution in [2.45, 2.75) is 6.92 Å². The van der Waals surface area contributed by atoms with Crippen LogP contribution < -0.4 is 10.6 Å². The highest BCUT2D eigenvalue weighted by Crippen LogP contribution is 2.06. The number of hydrogen-bond donors (Lipinski definition) is 2. The maximum atomic E-state index is 4.96. The zero-order valence-corrected chi connectivity index (χ0v) is 8.15. The van der Waals surface area contributed by atoms with E-state index in [4.69, 9.17) is 16.7 Å². The monoisotopic (exact) mass is 197 g/mol. The van der Waals surface area contributed by atoms with Crippen molar-refractivity contribution in [3.63, 3.8) is 0 Å². The molecule has 0 spiro atoms. The molecule has 2 N–H and O–H groups in total. The predicted molar refractivity (Wildman–Crippen MR) is 55.7 cm³/mol. The maximum Gasteiger partial charge on any atom is 0.175 e. The Bertz CT molecular complexity index is 308. The molecule has 13 heavy (non-hydrogen) atoms. The van der Waals surface area contributed by atoms with Crippen LogP contribution in [0, 0.1) is 6.92 Å². The summed E-state index contributed by atoms with van der Waals surface area (Å²) >= 11 is 4.96. The van der Waals surface area contributed by atoms with Gasteiger partial charge in [0.1, 0.15) is 5.76 Å². The molecule has 1 heterocycles. The van der Waals surface area contributed by atoms with Crippen molar-refractivity contribution in [1.29, 1.82) is 0 Å². The fourth-order valence-corrected chi connectivity index (χ4v) is 0.939. The number of anilines is 1. The SMILES string of the molecule is C=CCNC(=S)Nc1cc(C)on1. The molecule has 0 saturated carbocycles. The normalized spacial score (nSPS) is 9.31. The number of nitrogens with one attached hydrogen (secondary N) is 2. The highest BCUT2D eigenvalue weighted by Gasteiger charge is 2.00. The minimum atomic E-state index is 0.508. The first kappa shape index (κ1) is 9.73. The van der Waals surface area contributed by atoms with E-state index >= 15 is 0 Å². The predicted octanol–water partition coefficient (Wildman–Crippen LogP) is 1.46. The first-order chi connectivity index (χ1) is 6.22. The van der Waals surface area contributed by atoms with E-state index in [1.807, 2.05) is 6.92 Å². The van der Waals surface area contributed by atoms with Gasteiger partial charge >= 0.3 is 0 Å². The largest absolute Gasteiger partial charge is 0.360 e. The third kappa shape index (κ3) is 3.25. The molecule has 0 atom stereocenters. The average Bonchev–Trinajstić information content (AvgIpc) is 2.48. The van der Waals surface area contributed by atoms with Crippen LogP contribution in [0.5, 0.6) is 0 Å². The molecule has 0 radical (unpaired) electrons. The summed E-state index contributed by atoms with van der Waals surface area (Å²) < 4.78 is 4.85. The van der Waals surface area contributed by atoms with Crippen LogP contribution in [0.4, 0.5) is 5.82 Å². The van der Waals surface area contributed by atoms with Crippen molar-refractivity contribution >= 4 is 23.1 Å². The Kier molecular flexibility index (Phi) is 3.45. The molecule has 0 saturated heterocycles. The second-order valence-electron chi connectivity index (χ2n) is 2.45. The molecule has 1 rings (SSSR count). The molecule has 1 aromatic rings. The molecular formula is C8H11N3OS. The second kappa shape index (κ2) is 4.61. The van der Waals surface area contributed by atoms with Gasteiger partial charge in [-0.1, -0.05) is 11.2 Å². The first-order valence-corrected chi connectivity index (χ1v) is 4.22. The van der Waals surface area contributed by atoms with Crippen molar-refractivity contribution in [3.05, 3.63) is 24.5 Å². The molecule has 0 aliphatic heterocycles. The van der Waals surface area contributed by atoms with Crippen LogP contribution in [0.15, 0.2) is 23.2 Å². The third-order valence-electron chi connectivity index (χ3n) is 1.28. The van der Waals surface area contributed by atoms with Crippen LogP contribution in [0.1, 0.15) is 5.76 Å². The summed E-state index contributed by atoms with van der Waals surface area (Å²) in [7, 11) is 0. The van der Waals surface area contributed by atoms with E-state index in [2.05, 4.69) is 22.4 Å². The molecule has 0 bridgehead atoms. The lowest BCUT2D eigenvalue weighted by Gasteiger charge is -2.04. The second-order valence-corrected chi connectivity index (χ2v) is 2.85. The summed E-state index contributed by atoms with van der Waals surface area (Å²) in [6.07, 6.45) is 1.72. The van der Waals surface area contributed by atoms with Gasteiger partial charge in [-0.05, 0) is 19.1 Å². The zero-order valence-electron chi connectivity index (χ0n) is 7.33. The summed E-state index contributed by atoms with van der Waals surface area (Å²) in [5, 5.41) is 10.0. The first-order valence-electron chi connectivity index (χ1n) is 3.81. The topological polar surface area (TPSA) is 50.1 Å². The van der Waals surface area contributed by atoms with Gasteiger partial charge in [0.25, 0.3) is 0 Å². The molecule has 5 heteroatoms. The minimum absolute atomic E-state index is 0.508. The van der Waals surface area contributed by atoms with Gasteiger partial charge in [0.2, 0.25) is 0 Å². The number of aromatic nitrogens is 1. The Morgan fingerprint density at radius 2 is 2.62 bits per heavy atom. The summed E-state index contributed by atoms with van der Waals surface area (Å²) in [4.78, 5) is 0. The van der Waals surface area contributed by atoms with Crippen LogP contribution >= 0.6 is 12.2 Å². The quantitative estimate of drug-likeness (QED) is 0.567. The highest BCUT2D eigenvalue weighted by atomic mass is 32.1. The van der Waals surface area contributed by atoms with Crippen molar-refractivity contribution < 1.29 is 4.52 Å². The van der Waals surface area contributed by atoms with Gasteiger partial charge in [0.15, 0.2) is 10.9 Å². The van der Waals surface area contributed by atoms with Gasteiger partial charge in [-0.2, -0.15) is 0 Å². The van der Waals surface area contributed by atoms with Crippen LogP contribution in [-0.2, 0) is 0 Å². The maximum absolute atomic E-state index is 4.96. The molecule has 0 aromatic carbocycles. The number of hydrogen-bond acceptors (Lipinski definition) is 3. The Labute approximate surface area is 82.0 Å². The molecule has 0 aliphatic carbocycles. The highest BCUT2D eigenvalue weighted by molar-refractivity contribution is 7.80. The van der Waals surface area contributed by atoms with E-state index in [-0.39, 0.29) is 0 Å². The van der Waals surface area contributed by atoms with Gasteiger partial charge < -0.3 is 15.2 Å². The number of rotatable bonds is 3. The fraction of sp³-hybridized carbons (Fsp3) is 0.250. The van der Waals surface area contributed by atoms with E-state index in [1.165, 1.54) is 0 Å². The smallest absolute Gasteiger partial charge is 0.175 e. The summed E-state index contributed by atoms with van der Waals surface area (Å²) in [5.74, 6) is 1.35. The zero-order chi connectivity index (χ0) is 9.68. The van der Waals surface area contributed by atoms with Crippen molar-refractivity contribution in [3.8, 4) is 0 Å². The standard InChI is InChI=1S/C8H11N3OS/c1-3-4-9-8(13)10-7-5-6(2)12-11-7/h3,5H,1,4H2,2H3,(H2,9,10,11,13). The van der Waals surface area contributed by atoms with Gasteiger partial charge in [-0.25, -0.2) is 0 Å². The van der Waals surface area contributed by atoms with Crippen molar-refractivity contribution in [2.75, 3.05) is 11.9 Å². The molecule has 0 fully saturated rings. The van der Waals surface area contributed by atoms with E-state index in [0.29, 0.717) is 17.5 Å². The van der Waals surface area contributed by atoms with Gasteiger partial charge in [-0.15, -0.1) is 6.58 Å². The molecule has 4 nitrogen and oxygen atoms in total. The van der Waals surface area contributed by atoms with E-state index < -0.39 is 0 Å². The molecule has 0 aliphatic rings. The number of aryl methyl sites for hydroxylation is 1. The number of thiocarbonyl (C=S) groups is 1. The third-order valence-corrected chi connectivity index (χ3v) is 1.52. The van der Waals surface area contributed by atoms with E-state index in [9.17, 15) is 0 Å². The van der Waals surface area contributed by atoms with Crippen LogP contribution in [0.3, 0.4) is 0 Å².